The lowest BCUT2D eigenvalue weighted by molar-refractivity contribution is 0.0696. The monoisotopic (exact) mass is 260 g/mol. The molecule has 98 valence electrons. The predicted molar refractivity (Wildman–Crippen MR) is 67.1 cm³/mol. The maximum Gasteiger partial charge on any atom is 0.337 e. The van der Waals surface area contributed by atoms with Crippen molar-refractivity contribution in [2.75, 3.05) is 5.32 Å². The van der Waals surface area contributed by atoms with Crippen molar-refractivity contribution < 1.29 is 14.7 Å². The molecule has 0 atom stereocenters. The molecule has 0 radical (unpaired) electrons. The number of hydrogen-bond acceptors (Lipinski definition) is 4. The molecule has 7 nitrogen and oxygen atoms in total. The fraction of sp³-hybridized carbons (Fsp3) is 0.167. The van der Waals surface area contributed by atoms with Gasteiger partial charge >= 0.3 is 5.97 Å². The number of carbonyl (C=O) groups excluding carboxylic acids is 1. The van der Waals surface area contributed by atoms with E-state index in [1.54, 1.807) is 10.9 Å². The number of aryl methyl sites for hydroxylation is 1. The lowest BCUT2D eigenvalue weighted by Crippen LogP contribution is -2.13. The summed E-state index contributed by atoms with van der Waals surface area (Å²) in [5.74, 6) is -1.49. The Hall–Kier alpha value is -2.70. The van der Waals surface area contributed by atoms with E-state index in [1.807, 2.05) is 6.92 Å². The van der Waals surface area contributed by atoms with Crippen LogP contribution in [0.1, 0.15) is 27.8 Å². The fourth-order valence-electron chi connectivity index (χ4n) is 1.45. The Labute approximate surface area is 108 Å². The summed E-state index contributed by atoms with van der Waals surface area (Å²) in [6.07, 6.45) is 4.38. The van der Waals surface area contributed by atoms with E-state index < -0.39 is 11.9 Å². The minimum absolute atomic E-state index is 0.0374. The fourth-order valence-corrected chi connectivity index (χ4v) is 1.45. The summed E-state index contributed by atoms with van der Waals surface area (Å²) in [4.78, 5) is 26.3. The van der Waals surface area contributed by atoms with Gasteiger partial charge in [0.25, 0.3) is 5.91 Å². The molecule has 2 N–H and O–H groups in total. The van der Waals surface area contributed by atoms with Crippen molar-refractivity contribution in [2.45, 2.75) is 13.5 Å². The van der Waals surface area contributed by atoms with Gasteiger partial charge in [0.2, 0.25) is 0 Å². The molecular formula is C12H12N4O3. The summed E-state index contributed by atoms with van der Waals surface area (Å²) in [6, 6.07) is 2.70. The van der Waals surface area contributed by atoms with Gasteiger partial charge in [-0.3, -0.25) is 14.5 Å². The van der Waals surface area contributed by atoms with Gasteiger partial charge in [0, 0.05) is 18.9 Å². The van der Waals surface area contributed by atoms with Gasteiger partial charge in [-0.15, -0.1) is 0 Å². The molecule has 0 saturated carbocycles. The molecule has 0 unspecified atom stereocenters. The third-order valence-corrected chi connectivity index (χ3v) is 2.46. The van der Waals surface area contributed by atoms with Gasteiger partial charge in [0.1, 0.15) is 5.69 Å². The quantitative estimate of drug-likeness (QED) is 0.862. The van der Waals surface area contributed by atoms with Gasteiger partial charge in [0.15, 0.2) is 0 Å². The molecule has 0 saturated heterocycles. The van der Waals surface area contributed by atoms with E-state index in [2.05, 4.69) is 15.4 Å². The number of pyridine rings is 1. The van der Waals surface area contributed by atoms with Gasteiger partial charge in [-0.1, -0.05) is 0 Å². The van der Waals surface area contributed by atoms with Gasteiger partial charge in [-0.2, -0.15) is 5.10 Å². The Morgan fingerprint density at radius 2 is 2.16 bits per heavy atom. The Morgan fingerprint density at radius 1 is 1.37 bits per heavy atom. The summed E-state index contributed by atoms with van der Waals surface area (Å²) in [6.45, 7) is 2.65. The minimum Gasteiger partial charge on any atom is -0.478 e. The number of hydrogen-bond donors (Lipinski definition) is 2. The van der Waals surface area contributed by atoms with E-state index in [-0.39, 0.29) is 11.3 Å². The minimum atomic E-state index is -1.08. The smallest absolute Gasteiger partial charge is 0.337 e. The number of rotatable bonds is 4. The van der Waals surface area contributed by atoms with E-state index >= 15 is 0 Å². The number of carboxylic acids is 1. The molecule has 0 aromatic carbocycles. The number of aromatic nitrogens is 3. The normalized spacial score (nSPS) is 10.2. The molecule has 2 rings (SSSR count). The molecule has 2 aromatic rings. The average Bonchev–Trinajstić information content (AvgIpc) is 2.86. The summed E-state index contributed by atoms with van der Waals surface area (Å²) in [7, 11) is 0. The Bertz CT molecular complexity index is 604. The number of nitrogens with one attached hydrogen (secondary N) is 1. The number of carboxylic acid groups (broad SMARTS) is 1. The molecule has 2 aromatic heterocycles. The van der Waals surface area contributed by atoms with Gasteiger partial charge < -0.3 is 10.4 Å². The molecule has 1 amide bonds. The lowest BCUT2D eigenvalue weighted by Gasteiger charge is -2.01. The highest BCUT2D eigenvalue weighted by molar-refractivity contribution is 6.03. The lowest BCUT2D eigenvalue weighted by atomic mass is 10.2. The van der Waals surface area contributed by atoms with Crippen molar-refractivity contribution in [3.63, 3.8) is 0 Å². The maximum absolute atomic E-state index is 11.8. The number of aromatic carboxylic acids is 1. The van der Waals surface area contributed by atoms with Crippen LogP contribution in [0.4, 0.5) is 5.69 Å². The molecule has 0 fully saturated rings. The number of carbonyl (C=O) groups is 2. The zero-order valence-corrected chi connectivity index (χ0v) is 10.2. The van der Waals surface area contributed by atoms with E-state index in [4.69, 9.17) is 5.11 Å². The third kappa shape index (κ3) is 2.95. The first-order valence-electron chi connectivity index (χ1n) is 5.63. The highest BCUT2D eigenvalue weighted by Gasteiger charge is 2.10. The Morgan fingerprint density at radius 3 is 2.68 bits per heavy atom. The number of anilines is 1. The zero-order valence-electron chi connectivity index (χ0n) is 10.2. The van der Waals surface area contributed by atoms with Gasteiger partial charge in [-0.05, 0) is 19.1 Å². The summed E-state index contributed by atoms with van der Waals surface area (Å²) in [5, 5.41) is 15.4. The summed E-state index contributed by atoms with van der Waals surface area (Å²) < 4.78 is 1.68. The van der Waals surface area contributed by atoms with E-state index in [0.717, 1.165) is 6.20 Å². The van der Waals surface area contributed by atoms with Crippen LogP contribution in [-0.2, 0) is 6.54 Å². The molecule has 19 heavy (non-hydrogen) atoms. The molecule has 2 heterocycles. The molecule has 0 spiro atoms. The molecular weight excluding hydrogens is 248 g/mol. The first kappa shape index (κ1) is 12.7. The van der Waals surface area contributed by atoms with Crippen molar-refractivity contribution >= 4 is 17.6 Å². The standard InChI is InChI=1S/C12H12N4O3/c1-2-16-7-9(6-14-16)15-11(17)10-4-3-8(5-13-10)12(18)19/h3-7H,2H2,1H3,(H,15,17)(H,18,19). The molecule has 7 heteroatoms. The largest absolute Gasteiger partial charge is 0.478 e. The van der Waals surface area contributed by atoms with Crippen LogP contribution in [0.15, 0.2) is 30.7 Å². The van der Waals surface area contributed by atoms with Gasteiger partial charge in [0.05, 0.1) is 17.4 Å². The molecule has 0 bridgehead atoms. The van der Waals surface area contributed by atoms with Crippen molar-refractivity contribution in [1.82, 2.24) is 14.8 Å². The second-order valence-electron chi connectivity index (χ2n) is 3.78. The Balaban J connectivity index is 2.09. The van der Waals surface area contributed by atoms with Crippen molar-refractivity contribution in [1.29, 1.82) is 0 Å². The van der Waals surface area contributed by atoms with Crippen LogP contribution < -0.4 is 5.32 Å². The Kier molecular flexibility index (Phi) is 3.56. The van der Waals surface area contributed by atoms with E-state index in [0.29, 0.717) is 12.2 Å². The maximum atomic E-state index is 11.8. The molecule has 0 aliphatic heterocycles. The summed E-state index contributed by atoms with van der Waals surface area (Å²) in [5.41, 5.74) is 0.751. The van der Waals surface area contributed by atoms with Crippen LogP contribution in [0.25, 0.3) is 0 Å². The van der Waals surface area contributed by atoms with Crippen molar-refractivity contribution in [3.05, 3.63) is 42.0 Å². The first-order chi connectivity index (χ1) is 9.10. The molecule has 0 aliphatic rings. The highest BCUT2D eigenvalue weighted by atomic mass is 16.4. The SMILES string of the molecule is CCn1cc(NC(=O)c2ccc(C(=O)O)cn2)cn1. The second-order valence-corrected chi connectivity index (χ2v) is 3.78. The van der Waals surface area contributed by atoms with Crippen molar-refractivity contribution in [2.24, 2.45) is 0 Å². The predicted octanol–water partition coefficient (Wildman–Crippen LogP) is 1.25. The average molecular weight is 260 g/mol. The topological polar surface area (TPSA) is 97.1 Å². The zero-order chi connectivity index (χ0) is 13.8. The third-order valence-electron chi connectivity index (χ3n) is 2.46. The van der Waals surface area contributed by atoms with Crippen LogP contribution in [0.5, 0.6) is 0 Å². The van der Waals surface area contributed by atoms with Crippen LogP contribution >= 0.6 is 0 Å². The van der Waals surface area contributed by atoms with Gasteiger partial charge in [-0.25, -0.2) is 4.79 Å². The highest BCUT2D eigenvalue weighted by Crippen LogP contribution is 2.07. The van der Waals surface area contributed by atoms with Crippen LogP contribution in [0, 0.1) is 0 Å². The van der Waals surface area contributed by atoms with E-state index in [1.165, 1.54) is 18.3 Å². The number of amides is 1. The molecule has 0 aliphatic carbocycles. The van der Waals surface area contributed by atoms with Crippen LogP contribution in [-0.4, -0.2) is 31.7 Å². The summed E-state index contributed by atoms with van der Waals surface area (Å²) >= 11 is 0. The van der Waals surface area contributed by atoms with Crippen LogP contribution in [0.2, 0.25) is 0 Å². The van der Waals surface area contributed by atoms with E-state index in [9.17, 15) is 9.59 Å². The van der Waals surface area contributed by atoms with Crippen LogP contribution in [0.3, 0.4) is 0 Å². The van der Waals surface area contributed by atoms with Crippen molar-refractivity contribution in [3.8, 4) is 0 Å². The second kappa shape index (κ2) is 5.30. The first-order valence-corrected chi connectivity index (χ1v) is 5.63. The number of nitrogens with zero attached hydrogens (tertiary/aromatic N) is 3.